The molecule has 3 aliphatic heterocycles. The van der Waals surface area contributed by atoms with Crippen LogP contribution in [0.25, 0.3) is 0 Å². The maximum absolute atomic E-state index is 13.6. The van der Waals surface area contributed by atoms with Gasteiger partial charge in [0.15, 0.2) is 0 Å². The van der Waals surface area contributed by atoms with Crippen LogP contribution in [0.4, 0.5) is 10.5 Å². The van der Waals surface area contributed by atoms with Crippen LogP contribution in [0.3, 0.4) is 0 Å². The van der Waals surface area contributed by atoms with E-state index in [1.165, 1.54) is 6.92 Å². The summed E-state index contributed by atoms with van der Waals surface area (Å²) in [5, 5.41) is 21.7. The van der Waals surface area contributed by atoms with Gasteiger partial charge in [0.05, 0.1) is 24.7 Å². The lowest BCUT2D eigenvalue weighted by Crippen LogP contribution is -2.50. The number of allylic oxidation sites excluding steroid dienone is 2. The smallest absolute Gasteiger partial charge is 0.410 e. The second-order valence-electron chi connectivity index (χ2n) is 15.4. The highest BCUT2D eigenvalue weighted by Gasteiger charge is 2.53. The normalized spacial score (nSPS) is 31.3. The van der Waals surface area contributed by atoms with Crippen LogP contribution in [0.5, 0.6) is 0 Å². The predicted octanol–water partition coefficient (Wildman–Crippen LogP) is 5.61. The molecule has 11 unspecified atom stereocenters. The van der Waals surface area contributed by atoms with E-state index < -0.39 is 42.0 Å². The van der Waals surface area contributed by atoms with Crippen LogP contribution in [0.15, 0.2) is 66.3 Å². The molecule has 2 saturated heterocycles. The van der Waals surface area contributed by atoms with Crippen molar-refractivity contribution in [2.24, 2.45) is 17.8 Å². The van der Waals surface area contributed by atoms with Gasteiger partial charge in [0, 0.05) is 63.7 Å². The van der Waals surface area contributed by atoms with Gasteiger partial charge in [-0.3, -0.25) is 9.59 Å². The molecule has 12 nitrogen and oxygen atoms in total. The van der Waals surface area contributed by atoms with E-state index >= 15 is 0 Å². The summed E-state index contributed by atoms with van der Waals surface area (Å²) in [5.41, 5.74) is 0.409. The number of epoxide rings is 1. The number of esters is 2. The third kappa shape index (κ3) is 11.9. The van der Waals surface area contributed by atoms with Crippen LogP contribution < -0.4 is 4.90 Å². The fourth-order valence-corrected chi connectivity index (χ4v) is 7.46. The highest BCUT2D eigenvalue weighted by molar-refractivity contribution is 5.70. The van der Waals surface area contributed by atoms with Crippen LogP contribution >= 0.6 is 0 Å². The summed E-state index contributed by atoms with van der Waals surface area (Å²) in [6.45, 7) is 15.2. The molecule has 2 fully saturated rings. The molecule has 0 aromatic heterocycles. The topological polar surface area (TPSA) is 148 Å². The Hall–Kier alpha value is -3.71. The van der Waals surface area contributed by atoms with Crippen molar-refractivity contribution in [1.29, 1.82) is 0 Å². The molecular formula is C42H62N2O10. The molecule has 1 amide bonds. The average molecular weight is 755 g/mol. The molecule has 300 valence electrons. The number of aliphatic hydroxyl groups excluding tert-OH is 1. The first kappa shape index (κ1) is 43.0. The molecule has 0 aliphatic carbocycles. The van der Waals surface area contributed by atoms with Gasteiger partial charge in [0.2, 0.25) is 0 Å². The number of hydrogen-bond donors (Lipinski definition) is 2. The average Bonchev–Trinajstić information content (AvgIpc) is 3.94. The highest BCUT2D eigenvalue weighted by atomic mass is 16.6. The molecule has 1 aromatic carbocycles. The summed E-state index contributed by atoms with van der Waals surface area (Å²) in [7, 11) is 1.70. The highest BCUT2D eigenvalue weighted by Crippen LogP contribution is 2.39. The van der Waals surface area contributed by atoms with Crippen molar-refractivity contribution < 1.29 is 48.3 Å². The SMILES string of the molecule is CCC(OC)C(C)C1OC1C(OC(=O)N1CCN(c2ccccc2)CC1)C(C)/C=C/C=C(\C)C1OC(=O)CC(O)CCC(C)(O)C(OC(C)=O)/C=C/C1C. The second kappa shape index (κ2) is 19.7. The number of para-hydroxylation sites is 1. The van der Waals surface area contributed by atoms with E-state index in [1.54, 1.807) is 31.1 Å². The van der Waals surface area contributed by atoms with E-state index in [2.05, 4.69) is 30.9 Å². The number of nitrogens with zero attached hydrogens (tertiary/aromatic N) is 2. The zero-order chi connectivity index (χ0) is 39.6. The first-order chi connectivity index (χ1) is 25.6. The van der Waals surface area contributed by atoms with E-state index in [-0.39, 0.29) is 61.4 Å². The largest absolute Gasteiger partial charge is 0.457 e. The Morgan fingerprint density at radius 3 is 2.39 bits per heavy atom. The lowest BCUT2D eigenvalue weighted by atomic mass is 9.88. The summed E-state index contributed by atoms with van der Waals surface area (Å²) < 4.78 is 29.5. The zero-order valence-corrected chi connectivity index (χ0v) is 33.3. The van der Waals surface area contributed by atoms with Gasteiger partial charge in [-0.2, -0.15) is 0 Å². The number of piperazine rings is 1. The number of rotatable bonds is 12. The predicted molar refractivity (Wildman–Crippen MR) is 206 cm³/mol. The number of benzene rings is 1. The number of amides is 1. The third-order valence-corrected chi connectivity index (χ3v) is 10.9. The van der Waals surface area contributed by atoms with E-state index in [0.717, 1.165) is 17.7 Å². The van der Waals surface area contributed by atoms with Gasteiger partial charge < -0.3 is 43.7 Å². The molecule has 0 saturated carbocycles. The summed E-state index contributed by atoms with van der Waals surface area (Å²) in [4.78, 5) is 42.4. The number of ether oxygens (including phenoxy) is 5. The Balaban J connectivity index is 1.51. The fraction of sp³-hybridized carbons (Fsp3) is 0.643. The Kier molecular flexibility index (Phi) is 15.7. The number of methoxy groups -OCH3 is 1. The van der Waals surface area contributed by atoms with Crippen molar-refractivity contribution in [2.75, 3.05) is 38.2 Å². The molecule has 1 aromatic rings. The molecule has 54 heavy (non-hydrogen) atoms. The number of anilines is 1. The molecule has 11 atom stereocenters. The lowest BCUT2D eigenvalue weighted by Gasteiger charge is -2.36. The standard InChI is InChI=1S/C42H62N2O10/c1-9-34(50-8)30(5)39-40(53-39)38(54-41(48)44-24-22-43(23-25-44)32-16-11-10-12-17-32)28(3)15-13-14-27(2)37-29(4)18-19-35(51-31(6)45)42(7,49)21-20-33(46)26-36(47)52-37/h10-19,28-30,33-35,37-40,46,49H,9,20-26H2,1-8H3/b15-13+,19-18+,27-14+. The molecule has 0 bridgehead atoms. The van der Waals surface area contributed by atoms with Crippen LogP contribution in [0, 0.1) is 17.8 Å². The molecule has 4 rings (SSSR count). The minimum absolute atomic E-state index is 0.0140. The quantitative estimate of drug-likeness (QED) is 0.0902. The zero-order valence-electron chi connectivity index (χ0n) is 33.3. The number of carbonyl (C=O) groups excluding carboxylic acids is 3. The van der Waals surface area contributed by atoms with Crippen LogP contribution in [-0.4, -0.2) is 115 Å². The molecule has 3 heterocycles. The van der Waals surface area contributed by atoms with Gasteiger partial charge in [-0.1, -0.05) is 70.2 Å². The van der Waals surface area contributed by atoms with Crippen molar-refractivity contribution in [3.63, 3.8) is 0 Å². The first-order valence-electron chi connectivity index (χ1n) is 19.4. The van der Waals surface area contributed by atoms with Crippen molar-refractivity contribution >= 4 is 23.7 Å². The van der Waals surface area contributed by atoms with Gasteiger partial charge in [-0.15, -0.1) is 0 Å². The fourth-order valence-electron chi connectivity index (χ4n) is 7.46. The third-order valence-electron chi connectivity index (χ3n) is 10.9. The van der Waals surface area contributed by atoms with Gasteiger partial charge in [0.25, 0.3) is 0 Å². The summed E-state index contributed by atoms with van der Waals surface area (Å²) in [5.74, 6) is -1.59. The van der Waals surface area contributed by atoms with Crippen LogP contribution in [-0.2, 0) is 33.3 Å². The van der Waals surface area contributed by atoms with E-state index in [0.29, 0.717) is 26.2 Å². The van der Waals surface area contributed by atoms with Gasteiger partial charge >= 0.3 is 18.0 Å². The van der Waals surface area contributed by atoms with Crippen molar-refractivity contribution in [1.82, 2.24) is 4.90 Å². The molecule has 12 heteroatoms. The molecular weight excluding hydrogens is 692 g/mol. The Labute approximate surface area is 321 Å². The Morgan fingerprint density at radius 1 is 1.07 bits per heavy atom. The number of aliphatic hydroxyl groups is 2. The lowest BCUT2D eigenvalue weighted by molar-refractivity contribution is -0.157. The van der Waals surface area contributed by atoms with Gasteiger partial charge in [-0.25, -0.2) is 4.79 Å². The maximum atomic E-state index is 13.6. The van der Waals surface area contributed by atoms with Crippen molar-refractivity contribution in [3.05, 3.63) is 66.3 Å². The summed E-state index contributed by atoms with van der Waals surface area (Å²) in [6.07, 6.45) is 5.89. The maximum Gasteiger partial charge on any atom is 0.410 e. The minimum atomic E-state index is -1.45. The second-order valence-corrected chi connectivity index (χ2v) is 15.4. The Bertz CT molecular complexity index is 1470. The van der Waals surface area contributed by atoms with Crippen LogP contribution in [0.1, 0.15) is 74.1 Å². The molecule has 3 aliphatic rings. The molecule has 2 N–H and O–H groups in total. The van der Waals surface area contributed by atoms with E-state index in [9.17, 15) is 24.6 Å². The van der Waals surface area contributed by atoms with Gasteiger partial charge in [-0.05, 0) is 56.9 Å². The number of hydrogen-bond acceptors (Lipinski definition) is 11. The monoisotopic (exact) mass is 754 g/mol. The summed E-state index contributed by atoms with van der Waals surface area (Å²) in [6, 6.07) is 10.2. The van der Waals surface area contributed by atoms with Crippen molar-refractivity contribution in [2.45, 2.75) is 122 Å². The van der Waals surface area contributed by atoms with E-state index in [4.69, 9.17) is 23.7 Å². The first-order valence-corrected chi connectivity index (χ1v) is 19.4. The Morgan fingerprint density at radius 2 is 1.76 bits per heavy atom. The van der Waals surface area contributed by atoms with Crippen molar-refractivity contribution in [3.8, 4) is 0 Å². The number of cyclic esters (lactones) is 1. The summed E-state index contributed by atoms with van der Waals surface area (Å²) >= 11 is 0. The molecule has 0 spiro atoms. The van der Waals surface area contributed by atoms with Crippen LogP contribution in [0.2, 0.25) is 0 Å². The molecule has 0 radical (unpaired) electrons. The van der Waals surface area contributed by atoms with Gasteiger partial charge in [0.1, 0.15) is 30.0 Å². The number of carbonyl (C=O) groups is 3. The van der Waals surface area contributed by atoms with E-state index in [1.807, 2.05) is 57.2 Å². The minimum Gasteiger partial charge on any atom is -0.457 e.